The van der Waals surface area contributed by atoms with Crippen LogP contribution >= 0.6 is 15.9 Å². The Bertz CT molecular complexity index is 245. The van der Waals surface area contributed by atoms with Crippen molar-refractivity contribution < 1.29 is 0 Å². The average Bonchev–Trinajstić information content (AvgIpc) is 2.08. The first-order chi connectivity index (χ1) is 5.27. The van der Waals surface area contributed by atoms with Crippen LogP contribution in [0.15, 0.2) is 10.7 Å². The lowest BCUT2D eigenvalue weighted by atomic mass is 9.93. The molecule has 1 aliphatic rings. The third-order valence-corrected chi connectivity index (χ3v) is 2.77. The van der Waals surface area contributed by atoms with E-state index in [1.807, 2.05) is 10.9 Å². The molecule has 2 rings (SSSR count). The average molecular weight is 216 g/mol. The Hall–Kier alpha value is -0.510. The molecule has 0 radical (unpaired) electrons. The molecule has 11 heavy (non-hydrogen) atoms. The normalized spacial score (nSPS) is 18.3. The number of hydrogen-bond acceptors (Lipinski definition) is 2. The minimum atomic E-state index is 0.594. The molecule has 1 aromatic heterocycles. The van der Waals surface area contributed by atoms with Crippen molar-refractivity contribution in [3.63, 3.8) is 0 Å². The van der Waals surface area contributed by atoms with Crippen molar-refractivity contribution in [1.82, 2.24) is 9.78 Å². The Morgan fingerprint density at radius 1 is 1.64 bits per heavy atom. The first kappa shape index (κ1) is 7.16. The van der Waals surface area contributed by atoms with Crippen LogP contribution in [0.25, 0.3) is 0 Å². The summed E-state index contributed by atoms with van der Waals surface area (Å²) in [7, 11) is 0. The lowest BCUT2D eigenvalue weighted by Gasteiger charge is -2.25. The topological polar surface area (TPSA) is 43.8 Å². The van der Waals surface area contributed by atoms with Crippen molar-refractivity contribution in [2.45, 2.75) is 25.3 Å². The first-order valence-corrected chi connectivity index (χ1v) is 4.57. The van der Waals surface area contributed by atoms with Gasteiger partial charge < -0.3 is 5.73 Å². The lowest BCUT2D eigenvalue weighted by Crippen LogP contribution is -2.17. The van der Waals surface area contributed by atoms with Crippen LogP contribution in [0, 0.1) is 0 Å². The molecule has 3 nitrogen and oxygen atoms in total. The third kappa shape index (κ3) is 1.15. The molecule has 0 amide bonds. The van der Waals surface area contributed by atoms with Crippen molar-refractivity contribution in [2.24, 2.45) is 0 Å². The van der Waals surface area contributed by atoms with Gasteiger partial charge in [-0.25, -0.2) is 0 Å². The first-order valence-electron chi connectivity index (χ1n) is 3.77. The van der Waals surface area contributed by atoms with Gasteiger partial charge in [-0.05, 0) is 35.2 Å². The van der Waals surface area contributed by atoms with E-state index in [4.69, 9.17) is 5.73 Å². The van der Waals surface area contributed by atoms with Crippen LogP contribution in [-0.4, -0.2) is 9.78 Å². The van der Waals surface area contributed by atoms with Crippen LogP contribution in [0.3, 0.4) is 0 Å². The molecule has 0 aliphatic heterocycles. The number of anilines is 1. The molecule has 0 aromatic carbocycles. The summed E-state index contributed by atoms with van der Waals surface area (Å²) in [6, 6.07) is 0.601. The minimum absolute atomic E-state index is 0.594. The van der Waals surface area contributed by atoms with E-state index >= 15 is 0 Å². The summed E-state index contributed by atoms with van der Waals surface area (Å²) >= 11 is 3.33. The number of hydrogen-bond donors (Lipinski definition) is 1. The summed E-state index contributed by atoms with van der Waals surface area (Å²) in [6.07, 6.45) is 5.77. The molecule has 2 N–H and O–H groups in total. The summed E-state index contributed by atoms with van der Waals surface area (Å²) in [5.74, 6) is 0.594. The molecule has 4 heteroatoms. The summed E-state index contributed by atoms with van der Waals surface area (Å²) in [5.41, 5.74) is 5.58. The van der Waals surface area contributed by atoms with Gasteiger partial charge in [0.05, 0.1) is 10.5 Å². The van der Waals surface area contributed by atoms with Gasteiger partial charge >= 0.3 is 0 Å². The Labute approximate surface area is 73.7 Å². The predicted molar refractivity (Wildman–Crippen MR) is 47.2 cm³/mol. The summed E-state index contributed by atoms with van der Waals surface area (Å²) in [4.78, 5) is 0. The van der Waals surface area contributed by atoms with Gasteiger partial charge in [-0.3, -0.25) is 4.68 Å². The molecule has 0 bridgehead atoms. The fourth-order valence-electron chi connectivity index (χ4n) is 1.22. The largest absolute Gasteiger partial charge is 0.381 e. The van der Waals surface area contributed by atoms with E-state index in [1.165, 1.54) is 19.3 Å². The second-order valence-corrected chi connectivity index (χ2v) is 3.78. The van der Waals surface area contributed by atoms with E-state index < -0.39 is 0 Å². The second kappa shape index (κ2) is 2.52. The number of rotatable bonds is 1. The van der Waals surface area contributed by atoms with E-state index in [0.717, 1.165) is 4.47 Å². The Balaban J connectivity index is 2.24. The standard InChI is InChI=1S/C7H10BrN3/c8-6-4-11(10-7(6)9)5-2-1-3-5/h4-5H,1-3H2,(H2,9,10). The van der Waals surface area contributed by atoms with Crippen molar-refractivity contribution in [3.05, 3.63) is 10.7 Å². The molecule has 1 aliphatic carbocycles. The molecule has 0 unspecified atom stereocenters. The van der Waals surface area contributed by atoms with Crippen LogP contribution in [0.5, 0.6) is 0 Å². The van der Waals surface area contributed by atoms with Crippen LogP contribution < -0.4 is 5.73 Å². The van der Waals surface area contributed by atoms with Crippen LogP contribution in [0.2, 0.25) is 0 Å². The van der Waals surface area contributed by atoms with Gasteiger partial charge in [-0.15, -0.1) is 0 Å². The van der Waals surface area contributed by atoms with Gasteiger partial charge in [0.1, 0.15) is 0 Å². The minimum Gasteiger partial charge on any atom is -0.381 e. The lowest BCUT2D eigenvalue weighted by molar-refractivity contribution is 0.290. The molecule has 0 saturated heterocycles. The van der Waals surface area contributed by atoms with Gasteiger partial charge in [0.25, 0.3) is 0 Å². The molecular formula is C7H10BrN3. The molecule has 0 spiro atoms. The fourth-order valence-corrected chi connectivity index (χ4v) is 1.51. The van der Waals surface area contributed by atoms with E-state index in [0.29, 0.717) is 11.9 Å². The number of nitrogens with two attached hydrogens (primary N) is 1. The summed E-state index contributed by atoms with van der Waals surface area (Å²) < 4.78 is 2.87. The van der Waals surface area contributed by atoms with Gasteiger partial charge in [0.2, 0.25) is 0 Å². The maximum Gasteiger partial charge on any atom is 0.159 e. The Kier molecular flexibility index (Phi) is 1.64. The van der Waals surface area contributed by atoms with Crippen LogP contribution in [-0.2, 0) is 0 Å². The Morgan fingerprint density at radius 3 is 2.73 bits per heavy atom. The van der Waals surface area contributed by atoms with E-state index in [1.54, 1.807) is 0 Å². The molecule has 1 saturated carbocycles. The molecule has 0 atom stereocenters. The zero-order chi connectivity index (χ0) is 7.84. The monoisotopic (exact) mass is 215 g/mol. The number of halogens is 1. The highest BCUT2D eigenvalue weighted by molar-refractivity contribution is 9.10. The predicted octanol–water partition coefficient (Wildman–Crippen LogP) is 1.95. The van der Waals surface area contributed by atoms with Gasteiger partial charge in [0.15, 0.2) is 5.82 Å². The second-order valence-electron chi connectivity index (χ2n) is 2.93. The van der Waals surface area contributed by atoms with Crippen molar-refractivity contribution in [3.8, 4) is 0 Å². The van der Waals surface area contributed by atoms with Gasteiger partial charge in [-0.2, -0.15) is 5.10 Å². The van der Waals surface area contributed by atoms with Crippen LogP contribution in [0.4, 0.5) is 5.82 Å². The maximum absolute atomic E-state index is 5.58. The zero-order valence-electron chi connectivity index (χ0n) is 6.13. The van der Waals surface area contributed by atoms with E-state index in [9.17, 15) is 0 Å². The Morgan fingerprint density at radius 2 is 2.36 bits per heavy atom. The number of aromatic nitrogens is 2. The highest BCUT2D eigenvalue weighted by Crippen LogP contribution is 2.32. The van der Waals surface area contributed by atoms with Gasteiger partial charge in [0, 0.05) is 6.20 Å². The van der Waals surface area contributed by atoms with Crippen molar-refractivity contribution in [2.75, 3.05) is 5.73 Å². The maximum atomic E-state index is 5.58. The van der Waals surface area contributed by atoms with E-state index in [-0.39, 0.29) is 0 Å². The molecule has 60 valence electrons. The molecule has 1 aromatic rings. The van der Waals surface area contributed by atoms with Gasteiger partial charge in [-0.1, -0.05) is 0 Å². The van der Waals surface area contributed by atoms with Crippen molar-refractivity contribution >= 4 is 21.7 Å². The highest BCUT2D eigenvalue weighted by Gasteiger charge is 2.20. The molecular weight excluding hydrogens is 206 g/mol. The fraction of sp³-hybridized carbons (Fsp3) is 0.571. The highest BCUT2D eigenvalue weighted by atomic mass is 79.9. The molecule has 1 fully saturated rings. The quantitative estimate of drug-likeness (QED) is 0.779. The summed E-state index contributed by atoms with van der Waals surface area (Å²) in [5, 5.41) is 4.18. The number of nitrogens with zero attached hydrogens (tertiary/aromatic N) is 2. The SMILES string of the molecule is Nc1nn(C2CCC2)cc1Br. The zero-order valence-corrected chi connectivity index (χ0v) is 7.71. The summed E-state index contributed by atoms with van der Waals surface area (Å²) in [6.45, 7) is 0. The smallest absolute Gasteiger partial charge is 0.159 e. The third-order valence-electron chi connectivity index (χ3n) is 2.16. The van der Waals surface area contributed by atoms with E-state index in [2.05, 4.69) is 21.0 Å². The van der Waals surface area contributed by atoms with Crippen LogP contribution in [0.1, 0.15) is 25.3 Å². The molecule has 1 heterocycles. The van der Waals surface area contributed by atoms with Crippen molar-refractivity contribution in [1.29, 1.82) is 0 Å². The number of nitrogen functional groups attached to an aromatic ring is 1.